The van der Waals surface area contributed by atoms with Crippen molar-refractivity contribution in [3.8, 4) is 17.0 Å². The highest BCUT2D eigenvalue weighted by molar-refractivity contribution is 5.95. The topological polar surface area (TPSA) is 89.6 Å². The van der Waals surface area contributed by atoms with Crippen LogP contribution in [0.2, 0.25) is 0 Å². The van der Waals surface area contributed by atoms with Crippen molar-refractivity contribution >= 4 is 28.6 Å². The van der Waals surface area contributed by atoms with Crippen LogP contribution in [-0.4, -0.2) is 36.7 Å². The number of hydrogen-bond acceptors (Lipinski definition) is 5. The summed E-state index contributed by atoms with van der Waals surface area (Å²) < 4.78 is 24.1. The fourth-order valence-electron chi connectivity index (χ4n) is 3.64. The SMILES string of the molecule is CCOC(=O)COc1cc(-c2ccc(F)cc2)nc2ccc(NC(=O)NCCc3ccccc3)cc12. The van der Waals surface area contributed by atoms with Crippen LogP contribution in [0, 0.1) is 5.82 Å². The van der Waals surface area contributed by atoms with Crippen molar-refractivity contribution < 1.29 is 23.5 Å². The van der Waals surface area contributed by atoms with E-state index in [0.717, 1.165) is 5.56 Å². The molecule has 36 heavy (non-hydrogen) atoms. The maximum atomic E-state index is 13.4. The van der Waals surface area contributed by atoms with Gasteiger partial charge in [0.05, 0.1) is 17.8 Å². The van der Waals surface area contributed by atoms with Crippen LogP contribution in [0.15, 0.2) is 78.9 Å². The molecule has 2 amide bonds. The largest absolute Gasteiger partial charge is 0.481 e. The maximum Gasteiger partial charge on any atom is 0.344 e. The van der Waals surface area contributed by atoms with Gasteiger partial charge < -0.3 is 20.1 Å². The molecular formula is C28H26FN3O4. The lowest BCUT2D eigenvalue weighted by molar-refractivity contribution is -0.145. The Labute approximate surface area is 208 Å². The summed E-state index contributed by atoms with van der Waals surface area (Å²) in [6, 6.07) is 22.4. The van der Waals surface area contributed by atoms with Crippen LogP contribution in [-0.2, 0) is 16.0 Å². The Morgan fingerprint density at radius 2 is 1.75 bits per heavy atom. The molecule has 0 aliphatic carbocycles. The van der Waals surface area contributed by atoms with Gasteiger partial charge in [0.15, 0.2) is 6.61 Å². The minimum absolute atomic E-state index is 0.244. The van der Waals surface area contributed by atoms with E-state index in [0.29, 0.717) is 46.6 Å². The molecule has 0 unspecified atom stereocenters. The number of carbonyl (C=O) groups excluding carboxylic acids is 2. The van der Waals surface area contributed by atoms with Gasteiger partial charge in [0.1, 0.15) is 11.6 Å². The van der Waals surface area contributed by atoms with Gasteiger partial charge in [-0.3, -0.25) is 0 Å². The molecule has 4 rings (SSSR count). The molecule has 0 saturated heterocycles. The quantitative estimate of drug-likeness (QED) is 0.311. The van der Waals surface area contributed by atoms with E-state index in [2.05, 4.69) is 15.6 Å². The molecule has 2 N–H and O–H groups in total. The molecule has 3 aromatic carbocycles. The van der Waals surface area contributed by atoms with Crippen molar-refractivity contribution in [3.63, 3.8) is 0 Å². The van der Waals surface area contributed by atoms with Gasteiger partial charge in [-0.1, -0.05) is 30.3 Å². The van der Waals surface area contributed by atoms with Gasteiger partial charge >= 0.3 is 12.0 Å². The Bertz CT molecular complexity index is 1340. The molecule has 0 aliphatic rings. The lowest BCUT2D eigenvalue weighted by Gasteiger charge is -2.13. The summed E-state index contributed by atoms with van der Waals surface area (Å²) >= 11 is 0. The second-order valence-corrected chi connectivity index (χ2v) is 7.95. The van der Waals surface area contributed by atoms with Gasteiger partial charge in [-0.25, -0.2) is 19.0 Å². The molecule has 0 bridgehead atoms. The molecule has 0 radical (unpaired) electrons. The number of carbonyl (C=O) groups is 2. The summed E-state index contributed by atoms with van der Waals surface area (Å²) in [6.45, 7) is 2.16. The van der Waals surface area contributed by atoms with E-state index in [9.17, 15) is 14.0 Å². The van der Waals surface area contributed by atoms with E-state index in [-0.39, 0.29) is 25.1 Å². The summed E-state index contributed by atoms with van der Waals surface area (Å²) in [4.78, 5) is 29.0. The zero-order chi connectivity index (χ0) is 25.3. The molecular weight excluding hydrogens is 461 g/mol. The zero-order valence-corrected chi connectivity index (χ0v) is 19.8. The maximum absolute atomic E-state index is 13.4. The third-order valence-corrected chi connectivity index (χ3v) is 5.36. The molecule has 1 heterocycles. The molecule has 0 atom stereocenters. The summed E-state index contributed by atoms with van der Waals surface area (Å²) in [7, 11) is 0. The minimum Gasteiger partial charge on any atom is -0.481 e. The first-order chi connectivity index (χ1) is 17.5. The first-order valence-electron chi connectivity index (χ1n) is 11.6. The number of ether oxygens (including phenoxy) is 2. The van der Waals surface area contributed by atoms with Gasteiger partial charge in [-0.05, 0) is 61.4 Å². The normalized spacial score (nSPS) is 10.6. The van der Waals surface area contributed by atoms with E-state index in [1.807, 2.05) is 30.3 Å². The highest BCUT2D eigenvalue weighted by Crippen LogP contribution is 2.32. The number of esters is 1. The molecule has 0 saturated carbocycles. The van der Waals surface area contributed by atoms with Crippen LogP contribution in [0.25, 0.3) is 22.2 Å². The van der Waals surface area contributed by atoms with Crippen molar-refractivity contribution in [2.45, 2.75) is 13.3 Å². The van der Waals surface area contributed by atoms with Gasteiger partial charge in [-0.2, -0.15) is 0 Å². The minimum atomic E-state index is -0.502. The lowest BCUT2D eigenvalue weighted by atomic mass is 10.1. The fraction of sp³-hybridized carbons (Fsp3) is 0.179. The number of fused-ring (bicyclic) bond motifs is 1. The van der Waals surface area contributed by atoms with E-state index in [4.69, 9.17) is 9.47 Å². The van der Waals surface area contributed by atoms with Crippen LogP contribution >= 0.6 is 0 Å². The number of hydrogen-bond donors (Lipinski definition) is 2. The number of rotatable bonds is 9. The molecule has 8 heteroatoms. The summed E-state index contributed by atoms with van der Waals surface area (Å²) in [5, 5.41) is 6.27. The number of halogens is 1. The predicted molar refractivity (Wildman–Crippen MR) is 136 cm³/mol. The number of pyridine rings is 1. The van der Waals surface area contributed by atoms with E-state index < -0.39 is 5.97 Å². The molecule has 7 nitrogen and oxygen atoms in total. The van der Waals surface area contributed by atoms with Crippen LogP contribution in [0.3, 0.4) is 0 Å². The van der Waals surface area contributed by atoms with Gasteiger partial charge in [0, 0.05) is 29.2 Å². The van der Waals surface area contributed by atoms with Crippen molar-refractivity contribution in [3.05, 3.63) is 90.2 Å². The van der Waals surface area contributed by atoms with Crippen molar-refractivity contribution in [2.24, 2.45) is 0 Å². The predicted octanol–water partition coefficient (Wildman–Crippen LogP) is 5.35. The van der Waals surface area contributed by atoms with Gasteiger partial charge in [-0.15, -0.1) is 0 Å². The average molecular weight is 488 g/mol. The van der Waals surface area contributed by atoms with E-state index in [1.165, 1.54) is 12.1 Å². The monoisotopic (exact) mass is 487 g/mol. The van der Waals surface area contributed by atoms with E-state index in [1.54, 1.807) is 43.3 Å². The second-order valence-electron chi connectivity index (χ2n) is 7.95. The Morgan fingerprint density at radius 3 is 2.50 bits per heavy atom. The molecule has 1 aromatic heterocycles. The highest BCUT2D eigenvalue weighted by atomic mass is 19.1. The van der Waals surface area contributed by atoms with E-state index >= 15 is 0 Å². The number of nitrogens with zero attached hydrogens (tertiary/aromatic N) is 1. The first-order valence-corrected chi connectivity index (χ1v) is 11.6. The Kier molecular flexibility index (Phi) is 8.08. The number of anilines is 1. The van der Waals surface area contributed by atoms with Crippen molar-refractivity contribution in [1.82, 2.24) is 10.3 Å². The summed E-state index contributed by atoms with van der Waals surface area (Å²) in [5.74, 6) is -0.463. The second kappa shape index (κ2) is 11.8. The summed E-state index contributed by atoms with van der Waals surface area (Å²) in [5.41, 5.74) is 3.51. The highest BCUT2D eigenvalue weighted by Gasteiger charge is 2.13. The van der Waals surface area contributed by atoms with Crippen LogP contribution in [0.4, 0.5) is 14.9 Å². The Balaban J connectivity index is 1.54. The molecule has 0 spiro atoms. The molecule has 0 fully saturated rings. The van der Waals surface area contributed by atoms with Gasteiger partial charge in [0.2, 0.25) is 0 Å². The Hall–Kier alpha value is -4.46. The smallest absolute Gasteiger partial charge is 0.344 e. The number of urea groups is 1. The lowest BCUT2D eigenvalue weighted by Crippen LogP contribution is -2.30. The van der Waals surface area contributed by atoms with Crippen LogP contribution < -0.4 is 15.4 Å². The third-order valence-electron chi connectivity index (χ3n) is 5.36. The average Bonchev–Trinajstić information content (AvgIpc) is 2.88. The Morgan fingerprint density at radius 1 is 0.972 bits per heavy atom. The van der Waals surface area contributed by atoms with Crippen molar-refractivity contribution in [1.29, 1.82) is 0 Å². The van der Waals surface area contributed by atoms with Gasteiger partial charge in [0.25, 0.3) is 0 Å². The molecule has 184 valence electrons. The van der Waals surface area contributed by atoms with Crippen molar-refractivity contribution in [2.75, 3.05) is 25.1 Å². The van der Waals surface area contributed by atoms with Crippen LogP contribution in [0.5, 0.6) is 5.75 Å². The number of aromatic nitrogens is 1. The number of nitrogens with one attached hydrogen (secondary N) is 2. The number of amides is 2. The standard InChI is InChI=1S/C28H26FN3O4/c1-2-35-27(33)18-36-26-17-25(20-8-10-21(29)11-9-20)32-24-13-12-22(16-23(24)26)31-28(34)30-15-14-19-6-4-3-5-7-19/h3-13,16-17H,2,14-15,18H2,1H3,(H2,30,31,34). The molecule has 0 aliphatic heterocycles. The van der Waals surface area contributed by atoms with Crippen LogP contribution in [0.1, 0.15) is 12.5 Å². The third kappa shape index (κ3) is 6.56. The molecule has 4 aromatic rings. The summed E-state index contributed by atoms with van der Waals surface area (Å²) in [6.07, 6.45) is 0.716. The fourth-order valence-corrected chi connectivity index (χ4v) is 3.64. The zero-order valence-electron chi connectivity index (χ0n) is 19.8. The number of benzene rings is 3. The first kappa shape index (κ1) is 24.7.